The number of thioether (sulfide) groups is 1. The Morgan fingerprint density at radius 2 is 1.95 bits per heavy atom. The summed E-state index contributed by atoms with van der Waals surface area (Å²) >= 11 is 1.70. The maximum absolute atomic E-state index is 12.5. The summed E-state index contributed by atoms with van der Waals surface area (Å²) in [5, 5.41) is 23.2. The molecule has 0 spiro atoms. The molecule has 2 heterocycles. The van der Waals surface area contributed by atoms with Gasteiger partial charge in [-0.3, -0.25) is 9.78 Å². The van der Waals surface area contributed by atoms with E-state index in [0.29, 0.717) is 32.0 Å². The van der Waals surface area contributed by atoms with Gasteiger partial charge in [-0.15, -0.1) is 11.8 Å². The van der Waals surface area contributed by atoms with E-state index in [9.17, 15) is 9.90 Å². The Bertz CT molecular complexity index is 1390. The number of unbranched alkanes of at least 4 members (excludes halogenated alkanes) is 1. The lowest BCUT2D eigenvalue weighted by atomic mass is 9.94. The number of carbonyl (C=O) groups is 1. The highest BCUT2D eigenvalue weighted by Crippen LogP contribution is 2.50. The summed E-state index contributed by atoms with van der Waals surface area (Å²) in [6.07, 6.45) is 11.4. The quantitative estimate of drug-likeness (QED) is 0.124. The predicted octanol–water partition coefficient (Wildman–Crippen LogP) is 5.63. The van der Waals surface area contributed by atoms with Crippen molar-refractivity contribution in [1.29, 1.82) is 0 Å². The number of nitrogens with zero attached hydrogens (tertiary/aromatic N) is 3. The molecule has 1 unspecified atom stereocenters. The number of pyridine rings is 2. The lowest BCUT2D eigenvalue weighted by Crippen LogP contribution is -2.30. The highest BCUT2D eigenvalue weighted by molar-refractivity contribution is 7.99. The average Bonchev–Trinajstić information content (AvgIpc) is 3.99. The second kappa shape index (κ2) is 15.3. The zero-order chi connectivity index (χ0) is 30.9. The van der Waals surface area contributed by atoms with E-state index in [1.807, 2.05) is 25.5 Å². The first kappa shape index (κ1) is 32.4. The molecule has 3 N–H and O–H groups in total. The molecule has 0 saturated heterocycles. The summed E-state index contributed by atoms with van der Waals surface area (Å²) < 4.78 is 6.26. The number of nitrogens with one attached hydrogen (secondary N) is 1. The third-order valence-corrected chi connectivity index (χ3v) is 9.57. The van der Waals surface area contributed by atoms with Crippen molar-refractivity contribution in [3.05, 3.63) is 71.7 Å². The van der Waals surface area contributed by atoms with Gasteiger partial charge in [-0.2, -0.15) is 0 Å². The number of amides is 1. The molecule has 0 bridgehead atoms. The van der Waals surface area contributed by atoms with E-state index in [1.54, 1.807) is 16.7 Å². The fourth-order valence-corrected chi connectivity index (χ4v) is 6.27. The summed E-state index contributed by atoms with van der Waals surface area (Å²) in [6.45, 7) is 3.24. The standard InChI is InChI=1S/C35H46N4O4S/c1-25-12-15-33(44-21-7-11-34(42)39(2)20-6-5-8-26(41)24-40)38-31(25)23-37-35(17-18-35)30-22-36-19-16-28(30)29-9-3-4-10-32(29)43-27-13-14-27/h3-4,9-10,12,15-16,19,22,26-27,37,40-41H,5-8,11,13-14,17-18,20-21,23-24H2,1-2H3. The van der Waals surface area contributed by atoms with Gasteiger partial charge in [0.2, 0.25) is 5.91 Å². The number of rotatable bonds is 18. The van der Waals surface area contributed by atoms with Gasteiger partial charge < -0.3 is 25.2 Å². The molecule has 1 atom stereocenters. The third-order valence-electron chi connectivity index (χ3n) is 8.55. The van der Waals surface area contributed by atoms with E-state index in [1.165, 1.54) is 11.1 Å². The summed E-state index contributed by atoms with van der Waals surface area (Å²) in [5.74, 6) is 1.92. The number of aliphatic hydroxyl groups excluding tert-OH is 2. The number of aromatic nitrogens is 2. The number of hydrogen-bond donors (Lipinski definition) is 3. The number of hydrogen-bond acceptors (Lipinski definition) is 8. The topological polar surface area (TPSA) is 108 Å². The van der Waals surface area contributed by atoms with Crippen molar-refractivity contribution in [2.24, 2.45) is 0 Å². The maximum Gasteiger partial charge on any atom is 0.222 e. The van der Waals surface area contributed by atoms with Crippen molar-refractivity contribution < 1.29 is 19.7 Å². The molecule has 2 aromatic heterocycles. The van der Waals surface area contributed by atoms with E-state index < -0.39 is 6.10 Å². The Balaban J connectivity index is 1.13. The number of benzene rings is 1. The van der Waals surface area contributed by atoms with E-state index in [4.69, 9.17) is 14.8 Å². The van der Waals surface area contributed by atoms with Gasteiger partial charge in [0.25, 0.3) is 0 Å². The molecular weight excluding hydrogens is 572 g/mol. The van der Waals surface area contributed by atoms with Crippen LogP contribution in [0.2, 0.25) is 0 Å². The van der Waals surface area contributed by atoms with Crippen LogP contribution in [0.3, 0.4) is 0 Å². The van der Waals surface area contributed by atoms with Crippen LogP contribution in [0.4, 0.5) is 0 Å². The Hall–Kier alpha value is -2.98. The molecule has 44 heavy (non-hydrogen) atoms. The molecule has 236 valence electrons. The third kappa shape index (κ3) is 8.81. The minimum absolute atomic E-state index is 0.126. The zero-order valence-corrected chi connectivity index (χ0v) is 26.8. The smallest absolute Gasteiger partial charge is 0.222 e. The van der Waals surface area contributed by atoms with Crippen molar-refractivity contribution in [2.75, 3.05) is 26.0 Å². The van der Waals surface area contributed by atoms with Crippen molar-refractivity contribution in [2.45, 2.75) is 94.0 Å². The number of ether oxygens (including phenoxy) is 1. The van der Waals surface area contributed by atoms with Gasteiger partial charge in [-0.1, -0.05) is 24.3 Å². The number of para-hydroxylation sites is 1. The van der Waals surface area contributed by atoms with Gasteiger partial charge in [0, 0.05) is 50.1 Å². The first-order chi connectivity index (χ1) is 21.4. The Kier molecular flexibility index (Phi) is 11.3. The van der Waals surface area contributed by atoms with Gasteiger partial charge >= 0.3 is 0 Å². The zero-order valence-electron chi connectivity index (χ0n) is 26.0. The Morgan fingerprint density at radius 1 is 1.14 bits per heavy atom. The monoisotopic (exact) mass is 618 g/mol. The van der Waals surface area contributed by atoms with E-state index >= 15 is 0 Å². The molecule has 3 aromatic rings. The van der Waals surface area contributed by atoms with Gasteiger partial charge in [0.1, 0.15) is 5.75 Å². The number of carbonyl (C=O) groups excluding carboxylic acids is 1. The van der Waals surface area contributed by atoms with Gasteiger partial charge in [-0.05, 0) is 98.9 Å². The lowest BCUT2D eigenvalue weighted by Gasteiger charge is -2.22. The minimum Gasteiger partial charge on any atom is -0.490 e. The second-order valence-corrected chi connectivity index (χ2v) is 13.3. The molecular formula is C35H46N4O4S. The van der Waals surface area contributed by atoms with Crippen molar-refractivity contribution in [3.63, 3.8) is 0 Å². The van der Waals surface area contributed by atoms with Crippen molar-refractivity contribution in [3.8, 4) is 16.9 Å². The highest BCUT2D eigenvalue weighted by Gasteiger charge is 2.46. The molecule has 5 rings (SSSR count). The normalized spacial score (nSPS) is 16.0. The molecule has 2 fully saturated rings. The van der Waals surface area contributed by atoms with E-state index in [2.05, 4.69) is 53.6 Å². The Morgan fingerprint density at radius 3 is 2.73 bits per heavy atom. The van der Waals surface area contributed by atoms with Crippen LogP contribution in [-0.4, -0.2) is 69.1 Å². The SMILES string of the molecule is Cc1ccc(SCCCC(=O)N(C)CCCCC(O)CO)nc1CNC1(c2cnccc2-c2ccccc2OC2CC2)CC1. The first-order valence-corrected chi connectivity index (χ1v) is 16.9. The molecule has 2 aliphatic rings. The first-order valence-electron chi connectivity index (χ1n) is 16.0. The van der Waals surface area contributed by atoms with Crippen LogP contribution >= 0.6 is 11.8 Å². The van der Waals surface area contributed by atoms with Crippen LogP contribution in [0, 0.1) is 6.92 Å². The summed E-state index contributed by atoms with van der Waals surface area (Å²) in [7, 11) is 1.83. The van der Waals surface area contributed by atoms with Gasteiger partial charge in [0.15, 0.2) is 0 Å². The van der Waals surface area contributed by atoms with Crippen LogP contribution in [0.15, 0.2) is 59.9 Å². The van der Waals surface area contributed by atoms with Crippen LogP contribution in [0.1, 0.15) is 74.6 Å². The summed E-state index contributed by atoms with van der Waals surface area (Å²) in [5.41, 5.74) is 5.60. The molecule has 0 radical (unpaired) electrons. The lowest BCUT2D eigenvalue weighted by molar-refractivity contribution is -0.129. The second-order valence-electron chi connectivity index (χ2n) is 12.2. The van der Waals surface area contributed by atoms with Gasteiger partial charge in [0.05, 0.1) is 29.5 Å². The van der Waals surface area contributed by atoms with Gasteiger partial charge in [-0.25, -0.2) is 4.98 Å². The molecule has 2 saturated carbocycles. The molecule has 2 aliphatic carbocycles. The molecule has 1 aromatic carbocycles. The Labute approximate surface area is 265 Å². The van der Waals surface area contributed by atoms with Crippen molar-refractivity contribution >= 4 is 17.7 Å². The minimum atomic E-state index is -0.663. The molecule has 8 nitrogen and oxygen atoms in total. The van der Waals surface area contributed by atoms with Crippen LogP contribution in [0.25, 0.3) is 11.1 Å². The average molecular weight is 619 g/mol. The number of aliphatic hydroxyl groups is 2. The summed E-state index contributed by atoms with van der Waals surface area (Å²) in [6, 6.07) is 14.7. The molecule has 9 heteroatoms. The summed E-state index contributed by atoms with van der Waals surface area (Å²) in [4.78, 5) is 23.8. The fraction of sp³-hybridized carbons (Fsp3) is 0.514. The van der Waals surface area contributed by atoms with Crippen LogP contribution < -0.4 is 10.1 Å². The van der Waals surface area contributed by atoms with Crippen LogP contribution in [-0.2, 0) is 16.9 Å². The van der Waals surface area contributed by atoms with Crippen molar-refractivity contribution in [1.82, 2.24) is 20.2 Å². The van der Waals surface area contributed by atoms with E-state index in [-0.39, 0.29) is 18.1 Å². The number of aryl methyl sites for hydroxylation is 1. The molecule has 0 aliphatic heterocycles. The van der Waals surface area contributed by atoms with Crippen LogP contribution in [0.5, 0.6) is 5.75 Å². The van der Waals surface area contributed by atoms with E-state index in [0.717, 1.165) is 78.3 Å². The highest BCUT2D eigenvalue weighted by atomic mass is 32.2. The predicted molar refractivity (Wildman–Crippen MR) is 175 cm³/mol. The fourth-order valence-electron chi connectivity index (χ4n) is 5.43. The maximum atomic E-state index is 12.5. The molecule has 1 amide bonds. The largest absolute Gasteiger partial charge is 0.490 e.